The average molecular weight is 429 g/mol. The van der Waals surface area contributed by atoms with E-state index in [2.05, 4.69) is 34.2 Å². The Balaban J connectivity index is 1.59. The first kappa shape index (κ1) is 21.7. The van der Waals surface area contributed by atoms with Gasteiger partial charge in [0.1, 0.15) is 0 Å². The minimum atomic E-state index is -0.641. The summed E-state index contributed by atoms with van der Waals surface area (Å²) < 4.78 is 0. The predicted octanol–water partition coefficient (Wildman–Crippen LogP) is 3.70. The molecule has 0 radical (unpaired) electrons. The summed E-state index contributed by atoms with van der Waals surface area (Å²) in [6, 6.07) is 15.8. The van der Waals surface area contributed by atoms with Crippen LogP contribution in [-0.4, -0.2) is 58.8 Å². The Hall–Kier alpha value is -3.54. The molecule has 2 amide bonds. The number of likely N-dealkylation sites (tertiary alicyclic amines) is 1. The second kappa shape index (κ2) is 9.30. The predicted molar refractivity (Wildman–Crippen MR) is 124 cm³/mol. The molecule has 164 valence electrons. The summed E-state index contributed by atoms with van der Waals surface area (Å²) in [5, 5.41) is 0. The molecule has 0 bridgehead atoms. The van der Waals surface area contributed by atoms with Crippen LogP contribution in [0, 0.1) is 5.41 Å². The lowest BCUT2D eigenvalue weighted by atomic mass is 9.73. The summed E-state index contributed by atoms with van der Waals surface area (Å²) in [5.41, 5.74) is 3.23. The quantitative estimate of drug-likeness (QED) is 0.622. The molecule has 1 aliphatic rings. The van der Waals surface area contributed by atoms with Crippen molar-refractivity contribution in [3.05, 3.63) is 84.4 Å². The zero-order valence-electron chi connectivity index (χ0n) is 18.6. The number of amides is 2. The molecule has 1 unspecified atom stereocenters. The van der Waals surface area contributed by atoms with Crippen molar-refractivity contribution in [2.24, 2.45) is 5.41 Å². The Morgan fingerprint density at radius 3 is 2.34 bits per heavy atom. The molecule has 0 spiro atoms. The first-order chi connectivity index (χ1) is 15.5. The van der Waals surface area contributed by atoms with Gasteiger partial charge in [0.15, 0.2) is 0 Å². The number of rotatable bonds is 5. The standard InChI is InChI=1S/C26H28N4O2/c1-29(2)25(32)26(12-4-16-30(19-26)24(31)23-5-3-13-28-18-23)17-20-6-8-21(9-7-20)22-10-14-27-15-11-22/h3,5-11,13-15,18H,4,12,16-17,19H2,1-2H3. The molecule has 1 aromatic carbocycles. The van der Waals surface area contributed by atoms with Gasteiger partial charge >= 0.3 is 0 Å². The Morgan fingerprint density at radius 2 is 1.69 bits per heavy atom. The fraction of sp³-hybridized carbons (Fsp3) is 0.308. The molecule has 6 nitrogen and oxygen atoms in total. The van der Waals surface area contributed by atoms with Crippen molar-refractivity contribution in [3.8, 4) is 11.1 Å². The third-order valence-corrected chi connectivity index (χ3v) is 6.14. The number of pyridine rings is 2. The minimum Gasteiger partial charge on any atom is -0.348 e. The Bertz CT molecular complexity index is 1070. The number of carbonyl (C=O) groups is 2. The molecule has 4 rings (SSSR count). The highest BCUT2D eigenvalue weighted by molar-refractivity contribution is 5.94. The molecule has 2 aromatic heterocycles. The molecular formula is C26H28N4O2. The van der Waals surface area contributed by atoms with Crippen molar-refractivity contribution < 1.29 is 9.59 Å². The van der Waals surface area contributed by atoms with Crippen LogP contribution >= 0.6 is 0 Å². The van der Waals surface area contributed by atoms with Gasteiger partial charge in [-0.2, -0.15) is 0 Å². The SMILES string of the molecule is CN(C)C(=O)C1(Cc2ccc(-c3ccncc3)cc2)CCCN(C(=O)c2cccnc2)C1. The average Bonchev–Trinajstić information content (AvgIpc) is 2.84. The number of benzene rings is 1. The topological polar surface area (TPSA) is 66.4 Å². The molecule has 3 heterocycles. The van der Waals surface area contributed by atoms with Crippen molar-refractivity contribution in [1.82, 2.24) is 19.8 Å². The van der Waals surface area contributed by atoms with E-state index >= 15 is 0 Å². The molecule has 32 heavy (non-hydrogen) atoms. The van der Waals surface area contributed by atoms with Crippen LogP contribution < -0.4 is 0 Å². The molecule has 0 N–H and O–H groups in total. The first-order valence-electron chi connectivity index (χ1n) is 10.9. The molecule has 1 atom stereocenters. The minimum absolute atomic E-state index is 0.0678. The van der Waals surface area contributed by atoms with E-state index in [4.69, 9.17) is 0 Å². The normalized spacial score (nSPS) is 18.2. The van der Waals surface area contributed by atoms with E-state index in [0.29, 0.717) is 25.1 Å². The third-order valence-electron chi connectivity index (χ3n) is 6.14. The van der Waals surface area contributed by atoms with Crippen molar-refractivity contribution in [1.29, 1.82) is 0 Å². The second-order valence-electron chi connectivity index (χ2n) is 8.66. The Morgan fingerprint density at radius 1 is 0.969 bits per heavy atom. The van der Waals surface area contributed by atoms with Gasteiger partial charge in [-0.1, -0.05) is 24.3 Å². The van der Waals surface area contributed by atoms with Gasteiger partial charge in [-0.25, -0.2) is 0 Å². The van der Waals surface area contributed by atoms with Gasteiger partial charge in [0.05, 0.1) is 11.0 Å². The summed E-state index contributed by atoms with van der Waals surface area (Å²) in [7, 11) is 3.58. The molecule has 1 saturated heterocycles. The van der Waals surface area contributed by atoms with Crippen LogP contribution in [0.4, 0.5) is 0 Å². The lowest BCUT2D eigenvalue weighted by Crippen LogP contribution is -2.54. The summed E-state index contributed by atoms with van der Waals surface area (Å²) in [5.74, 6) is 0.00108. The lowest BCUT2D eigenvalue weighted by Gasteiger charge is -2.43. The number of aromatic nitrogens is 2. The molecule has 3 aromatic rings. The van der Waals surface area contributed by atoms with Crippen LogP contribution in [0.5, 0.6) is 0 Å². The van der Waals surface area contributed by atoms with Gasteiger partial charge in [-0.15, -0.1) is 0 Å². The third kappa shape index (κ3) is 4.54. The fourth-order valence-electron chi connectivity index (χ4n) is 4.60. The highest BCUT2D eigenvalue weighted by Gasteiger charge is 2.44. The largest absolute Gasteiger partial charge is 0.348 e. The number of nitrogens with zero attached hydrogens (tertiary/aromatic N) is 4. The van der Waals surface area contributed by atoms with Crippen LogP contribution in [0.2, 0.25) is 0 Å². The molecule has 0 aliphatic carbocycles. The van der Waals surface area contributed by atoms with Crippen molar-refractivity contribution in [2.45, 2.75) is 19.3 Å². The van der Waals surface area contributed by atoms with E-state index in [-0.39, 0.29) is 11.8 Å². The van der Waals surface area contributed by atoms with Gasteiger partial charge in [0.2, 0.25) is 5.91 Å². The van der Waals surface area contributed by atoms with E-state index in [1.807, 2.05) is 17.0 Å². The fourth-order valence-corrected chi connectivity index (χ4v) is 4.60. The van der Waals surface area contributed by atoms with E-state index in [9.17, 15) is 9.59 Å². The van der Waals surface area contributed by atoms with E-state index in [1.54, 1.807) is 55.9 Å². The second-order valence-corrected chi connectivity index (χ2v) is 8.66. The van der Waals surface area contributed by atoms with Gasteiger partial charge in [-0.05, 0) is 60.2 Å². The van der Waals surface area contributed by atoms with E-state index < -0.39 is 5.41 Å². The maximum absolute atomic E-state index is 13.4. The molecule has 0 saturated carbocycles. The number of carbonyl (C=O) groups excluding carboxylic acids is 2. The zero-order chi connectivity index (χ0) is 22.6. The summed E-state index contributed by atoms with van der Waals surface area (Å²) in [6.45, 7) is 1.06. The van der Waals surface area contributed by atoms with Gasteiger partial charge in [-0.3, -0.25) is 19.6 Å². The number of hydrogen-bond donors (Lipinski definition) is 0. The van der Waals surface area contributed by atoms with Crippen LogP contribution in [0.15, 0.2) is 73.3 Å². The van der Waals surface area contributed by atoms with Gasteiger partial charge < -0.3 is 9.80 Å². The molecule has 1 aliphatic heterocycles. The molecular weight excluding hydrogens is 400 g/mol. The van der Waals surface area contributed by atoms with Crippen molar-refractivity contribution in [2.75, 3.05) is 27.2 Å². The lowest BCUT2D eigenvalue weighted by molar-refractivity contribution is -0.142. The summed E-state index contributed by atoms with van der Waals surface area (Å²) >= 11 is 0. The zero-order valence-corrected chi connectivity index (χ0v) is 18.6. The van der Waals surface area contributed by atoms with Crippen molar-refractivity contribution >= 4 is 11.8 Å². The maximum Gasteiger partial charge on any atom is 0.255 e. The van der Waals surface area contributed by atoms with Gasteiger partial charge in [0, 0.05) is 52.0 Å². The highest BCUT2D eigenvalue weighted by Crippen LogP contribution is 2.36. The smallest absolute Gasteiger partial charge is 0.255 e. The van der Waals surface area contributed by atoms with E-state index in [1.165, 1.54) is 0 Å². The first-order valence-corrected chi connectivity index (χ1v) is 10.9. The Labute approximate surface area is 188 Å². The Kier molecular flexibility index (Phi) is 6.30. The van der Waals surface area contributed by atoms with Crippen LogP contribution in [0.3, 0.4) is 0 Å². The van der Waals surface area contributed by atoms with Gasteiger partial charge in [0.25, 0.3) is 5.91 Å². The van der Waals surface area contributed by atoms with Crippen LogP contribution in [-0.2, 0) is 11.2 Å². The van der Waals surface area contributed by atoms with Crippen LogP contribution in [0.1, 0.15) is 28.8 Å². The molecule has 1 fully saturated rings. The van der Waals surface area contributed by atoms with Crippen LogP contribution in [0.25, 0.3) is 11.1 Å². The maximum atomic E-state index is 13.4. The summed E-state index contributed by atoms with van der Waals surface area (Å²) in [4.78, 5) is 38.1. The number of hydrogen-bond acceptors (Lipinski definition) is 4. The highest BCUT2D eigenvalue weighted by atomic mass is 16.2. The molecule has 6 heteroatoms. The number of piperidine rings is 1. The summed E-state index contributed by atoms with van der Waals surface area (Å²) in [6.07, 6.45) is 8.95. The monoisotopic (exact) mass is 428 g/mol. The van der Waals surface area contributed by atoms with Crippen molar-refractivity contribution in [3.63, 3.8) is 0 Å². The van der Waals surface area contributed by atoms with E-state index in [0.717, 1.165) is 29.5 Å².